The average molecular weight is 328 g/mol. The van der Waals surface area contributed by atoms with E-state index in [0.29, 0.717) is 6.54 Å². The lowest BCUT2D eigenvalue weighted by Gasteiger charge is -2.20. The molecule has 2 aromatic heterocycles. The fourth-order valence-electron chi connectivity index (χ4n) is 2.56. The number of aromatic nitrogens is 1. The first kappa shape index (κ1) is 15.6. The van der Waals surface area contributed by atoms with E-state index in [2.05, 4.69) is 45.1 Å². The third-order valence-electron chi connectivity index (χ3n) is 3.70. The summed E-state index contributed by atoms with van der Waals surface area (Å²) >= 11 is 1.80. The van der Waals surface area contributed by atoms with Gasteiger partial charge in [-0.1, -0.05) is 23.4 Å². The Kier molecular flexibility index (Phi) is 4.92. The summed E-state index contributed by atoms with van der Waals surface area (Å²) in [6.45, 7) is 1.51. The summed E-state index contributed by atoms with van der Waals surface area (Å²) in [5.74, 6) is 0.854. The minimum Gasteiger partial charge on any atom is -0.364 e. The maximum Gasteiger partial charge on any atom is 0.193 e. The highest BCUT2D eigenvalue weighted by atomic mass is 32.1. The summed E-state index contributed by atoms with van der Waals surface area (Å²) < 4.78 is 6.21. The first-order chi connectivity index (χ1) is 11.3. The van der Waals surface area contributed by atoms with E-state index < -0.39 is 0 Å². The summed E-state index contributed by atoms with van der Waals surface area (Å²) in [5, 5.41) is 10.9. The zero-order valence-corrected chi connectivity index (χ0v) is 14.1. The number of benzene rings is 1. The van der Waals surface area contributed by atoms with Gasteiger partial charge in [-0.15, -0.1) is 11.3 Å². The van der Waals surface area contributed by atoms with Crippen molar-refractivity contribution in [3.05, 3.63) is 53.2 Å². The molecule has 3 aromatic rings. The summed E-state index contributed by atoms with van der Waals surface area (Å²) in [4.78, 5) is 6.36. The van der Waals surface area contributed by atoms with Crippen LogP contribution in [0.15, 0.2) is 51.5 Å². The summed E-state index contributed by atoms with van der Waals surface area (Å²) in [6.07, 6.45) is 2.56. The van der Waals surface area contributed by atoms with Crippen LogP contribution in [0.2, 0.25) is 0 Å². The minimum atomic E-state index is 0.664. The van der Waals surface area contributed by atoms with E-state index >= 15 is 0 Å². The molecule has 2 heterocycles. The van der Waals surface area contributed by atoms with Gasteiger partial charge in [0.25, 0.3) is 0 Å². The molecular weight excluding hydrogens is 308 g/mol. The number of thiophene rings is 1. The fourth-order valence-corrected chi connectivity index (χ4v) is 3.55. The summed E-state index contributed by atoms with van der Waals surface area (Å²) in [5.41, 5.74) is 2.27. The Bertz CT molecular complexity index is 779. The third-order valence-corrected chi connectivity index (χ3v) is 4.71. The molecule has 0 spiro atoms. The second-order valence-electron chi connectivity index (χ2n) is 5.33. The quantitative estimate of drug-likeness (QED) is 0.577. The smallest absolute Gasteiger partial charge is 0.193 e. The molecule has 0 radical (unpaired) electrons. The van der Waals surface area contributed by atoms with Crippen LogP contribution in [0.1, 0.15) is 11.3 Å². The summed E-state index contributed by atoms with van der Waals surface area (Å²) in [7, 11) is 3.78. The van der Waals surface area contributed by atoms with Crippen LogP contribution in [0.25, 0.3) is 10.1 Å². The summed E-state index contributed by atoms with van der Waals surface area (Å²) in [6, 6.07) is 10.4. The van der Waals surface area contributed by atoms with Gasteiger partial charge in [0.2, 0.25) is 0 Å². The Morgan fingerprint density at radius 3 is 3.00 bits per heavy atom. The Labute approximate surface area is 139 Å². The van der Waals surface area contributed by atoms with Gasteiger partial charge in [0.15, 0.2) is 5.96 Å². The molecule has 0 fully saturated rings. The van der Waals surface area contributed by atoms with Gasteiger partial charge in [0.05, 0.1) is 6.54 Å². The molecule has 0 bridgehead atoms. The second-order valence-corrected chi connectivity index (χ2v) is 6.24. The van der Waals surface area contributed by atoms with Crippen LogP contribution < -0.4 is 5.32 Å². The number of guanidine groups is 1. The highest BCUT2D eigenvalue weighted by Crippen LogP contribution is 2.25. The molecule has 1 N–H and O–H groups in total. The Balaban J connectivity index is 1.56. The SMILES string of the molecule is CN=C(NCCc1csc2ccccc12)N(C)Cc1ccon1. The number of nitrogens with zero attached hydrogens (tertiary/aromatic N) is 3. The number of aliphatic imine (C=N–C) groups is 1. The van der Waals surface area contributed by atoms with Crippen molar-refractivity contribution in [2.45, 2.75) is 13.0 Å². The Morgan fingerprint density at radius 1 is 1.35 bits per heavy atom. The van der Waals surface area contributed by atoms with E-state index in [-0.39, 0.29) is 0 Å². The van der Waals surface area contributed by atoms with Crippen LogP contribution in [0.3, 0.4) is 0 Å². The molecule has 1 aromatic carbocycles. The van der Waals surface area contributed by atoms with Crippen LogP contribution in [-0.2, 0) is 13.0 Å². The molecule has 6 heteroatoms. The fraction of sp³-hybridized carbons (Fsp3) is 0.294. The van der Waals surface area contributed by atoms with E-state index in [9.17, 15) is 0 Å². The molecule has 0 saturated carbocycles. The van der Waals surface area contributed by atoms with Crippen LogP contribution in [0.5, 0.6) is 0 Å². The third kappa shape index (κ3) is 3.71. The molecule has 0 aliphatic rings. The predicted molar refractivity (Wildman–Crippen MR) is 94.9 cm³/mol. The predicted octanol–water partition coefficient (Wildman–Crippen LogP) is 3.14. The van der Waals surface area contributed by atoms with E-state index in [1.54, 1.807) is 24.6 Å². The molecule has 23 heavy (non-hydrogen) atoms. The van der Waals surface area contributed by atoms with Crippen molar-refractivity contribution < 1.29 is 4.52 Å². The monoisotopic (exact) mass is 328 g/mol. The first-order valence-corrected chi connectivity index (χ1v) is 8.42. The molecular formula is C17H20N4OS. The van der Waals surface area contributed by atoms with Crippen LogP contribution in [-0.4, -0.2) is 36.7 Å². The van der Waals surface area contributed by atoms with Gasteiger partial charge in [0, 0.05) is 31.4 Å². The normalized spacial score (nSPS) is 11.8. The van der Waals surface area contributed by atoms with Gasteiger partial charge in [-0.2, -0.15) is 0 Å². The number of hydrogen-bond acceptors (Lipinski definition) is 4. The first-order valence-electron chi connectivity index (χ1n) is 7.54. The zero-order chi connectivity index (χ0) is 16.1. The average Bonchev–Trinajstić information content (AvgIpc) is 3.21. The topological polar surface area (TPSA) is 53.7 Å². The van der Waals surface area contributed by atoms with Crippen molar-refractivity contribution in [2.75, 3.05) is 20.6 Å². The molecule has 0 amide bonds. The highest BCUT2D eigenvalue weighted by molar-refractivity contribution is 7.17. The van der Waals surface area contributed by atoms with Crippen molar-refractivity contribution in [1.82, 2.24) is 15.4 Å². The Morgan fingerprint density at radius 2 is 2.22 bits per heavy atom. The molecule has 5 nitrogen and oxygen atoms in total. The number of fused-ring (bicyclic) bond motifs is 1. The lowest BCUT2D eigenvalue weighted by Crippen LogP contribution is -2.39. The molecule has 3 rings (SSSR count). The van der Waals surface area contributed by atoms with Gasteiger partial charge in [-0.25, -0.2) is 0 Å². The maximum atomic E-state index is 4.86. The van der Waals surface area contributed by atoms with Gasteiger partial charge in [0.1, 0.15) is 12.0 Å². The van der Waals surface area contributed by atoms with Crippen LogP contribution >= 0.6 is 11.3 Å². The zero-order valence-electron chi connectivity index (χ0n) is 13.3. The van der Waals surface area contributed by atoms with Crippen molar-refractivity contribution >= 4 is 27.4 Å². The standard InChI is InChI=1S/C17H20N4OS/c1-18-17(21(2)11-14-8-10-22-20-14)19-9-7-13-12-23-16-6-4-3-5-15(13)16/h3-6,8,10,12H,7,9,11H2,1-2H3,(H,18,19). The molecule has 0 aliphatic carbocycles. The second kappa shape index (κ2) is 7.28. The molecule has 0 aliphatic heterocycles. The van der Waals surface area contributed by atoms with E-state index in [1.165, 1.54) is 15.6 Å². The van der Waals surface area contributed by atoms with E-state index in [1.807, 2.05) is 18.0 Å². The van der Waals surface area contributed by atoms with Gasteiger partial charge in [-0.05, 0) is 28.8 Å². The van der Waals surface area contributed by atoms with Crippen LogP contribution in [0.4, 0.5) is 0 Å². The van der Waals surface area contributed by atoms with Crippen molar-refractivity contribution in [1.29, 1.82) is 0 Å². The van der Waals surface area contributed by atoms with Crippen molar-refractivity contribution in [3.63, 3.8) is 0 Å². The largest absolute Gasteiger partial charge is 0.364 e. The van der Waals surface area contributed by atoms with E-state index in [4.69, 9.17) is 4.52 Å². The lowest BCUT2D eigenvalue weighted by atomic mass is 10.1. The molecule has 0 saturated heterocycles. The number of nitrogens with one attached hydrogen (secondary N) is 1. The van der Waals surface area contributed by atoms with E-state index in [0.717, 1.165) is 24.6 Å². The van der Waals surface area contributed by atoms with Crippen molar-refractivity contribution in [3.8, 4) is 0 Å². The van der Waals surface area contributed by atoms with Crippen LogP contribution in [0, 0.1) is 0 Å². The lowest BCUT2D eigenvalue weighted by molar-refractivity contribution is 0.391. The number of rotatable bonds is 5. The molecule has 0 unspecified atom stereocenters. The van der Waals surface area contributed by atoms with Gasteiger partial charge >= 0.3 is 0 Å². The Hall–Kier alpha value is -2.34. The number of hydrogen-bond donors (Lipinski definition) is 1. The van der Waals surface area contributed by atoms with Gasteiger partial charge < -0.3 is 14.7 Å². The maximum absolute atomic E-state index is 4.86. The highest BCUT2D eigenvalue weighted by Gasteiger charge is 2.09. The molecule has 120 valence electrons. The van der Waals surface area contributed by atoms with Crippen molar-refractivity contribution in [2.24, 2.45) is 4.99 Å². The minimum absolute atomic E-state index is 0.664. The molecule has 0 atom stereocenters. The van der Waals surface area contributed by atoms with Gasteiger partial charge in [-0.3, -0.25) is 4.99 Å².